The molecule has 3 rings (SSSR count). The minimum Gasteiger partial charge on any atom is -0.307 e. The van der Waals surface area contributed by atoms with E-state index in [1.165, 1.54) is 6.07 Å². The molecule has 0 unspecified atom stereocenters. The molecule has 0 saturated heterocycles. The van der Waals surface area contributed by atoms with Crippen LogP contribution < -0.4 is 21.6 Å². The first-order valence-electron chi connectivity index (χ1n) is 7.87. The van der Waals surface area contributed by atoms with Crippen molar-refractivity contribution in [3.63, 3.8) is 0 Å². The second-order valence-electron chi connectivity index (χ2n) is 5.64. The Morgan fingerprint density at radius 2 is 2.00 bits per heavy atom. The van der Waals surface area contributed by atoms with Crippen molar-refractivity contribution in [3.05, 3.63) is 67.7 Å². The van der Waals surface area contributed by atoms with Crippen LogP contribution in [0.15, 0.2) is 44.8 Å². The molecule has 2 heterocycles. The summed E-state index contributed by atoms with van der Waals surface area (Å²) >= 11 is 1.61. The van der Waals surface area contributed by atoms with Crippen LogP contribution in [0.25, 0.3) is 6.08 Å². The van der Waals surface area contributed by atoms with Gasteiger partial charge in [0.1, 0.15) is 5.82 Å². The Labute approximate surface area is 148 Å². The number of benzene rings is 1. The van der Waals surface area contributed by atoms with Crippen molar-refractivity contribution in [1.82, 2.24) is 15.4 Å². The first-order valence-corrected chi connectivity index (χ1v) is 8.85. The first-order chi connectivity index (χ1) is 12.0. The topological polar surface area (TPSA) is 93.3 Å². The highest BCUT2D eigenvalue weighted by molar-refractivity contribution is 8.14. The van der Waals surface area contributed by atoms with Gasteiger partial charge in [0.05, 0.1) is 11.4 Å². The molecular formula is C17H19N5O2S. The number of aromatic nitrogens is 2. The lowest BCUT2D eigenvalue weighted by molar-refractivity contribution is 0.924. The van der Waals surface area contributed by atoms with E-state index in [1.54, 1.807) is 17.8 Å². The maximum absolute atomic E-state index is 11.5. The van der Waals surface area contributed by atoms with E-state index in [0.29, 0.717) is 11.5 Å². The van der Waals surface area contributed by atoms with Crippen molar-refractivity contribution in [2.24, 2.45) is 5.10 Å². The quantitative estimate of drug-likeness (QED) is 0.782. The molecule has 7 nitrogen and oxygen atoms in total. The SMILES string of the molecule is CCSC1=NNC(=Cc2cc(=O)[nH]c(=O)[nH]2)N1c1cc(C)ccc1C. The first kappa shape index (κ1) is 17.1. The van der Waals surface area contributed by atoms with Crippen LogP contribution in [0, 0.1) is 13.8 Å². The molecule has 3 N–H and O–H groups in total. The van der Waals surface area contributed by atoms with Gasteiger partial charge in [0.2, 0.25) is 0 Å². The van der Waals surface area contributed by atoms with Crippen LogP contribution in [0.5, 0.6) is 0 Å². The largest absolute Gasteiger partial charge is 0.326 e. The number of aryl methyl sites for hydroxylation is 2. The maximum atomic E-state index is 11.5. The van der Waals surface area contributed by atoms with E-state index in [4.69, 9.17) is 0 Å². The fourth-order valence-electron chi connectivity index (χ4n) is 2.54. The lowest BCUT2D eigenvalue weighted by atomic mass is 10.1. The summed E-state index contributed by atoms with van der Waals surface area (Å²) in [5.74, 6) is 1.54. The Balaban J connectivity index is 2.09. The summed E-state index contributed by atoms with van der Waals surface area (Å²) in [5.41, 5.74) is 5.65. The predicted molar refractivity (Wildman–Crippen MR) is 103 cm³/mol. The molecule has 1 aromatic carbocycles. The number of thioether (sulfide) groups is 1. The van der Waals surface area contributed by atoms with Gasteiger partial charge >= 0.3 is 5.69 Å². The number of nitrogens with zero attached hydrogens (tertiary/aromatic N) is 2. The highest BCUT2D eigenvalue weighted by atomic mass is 32.2. The van der Waals surface area contributed by atoms with Gasteiger partial charge in [0.15, 0.2) is 5.17 Å². The highest BCUT2D eigenvalue weighted by Gasteiger charge is 2.25. The normalized spacial score (nSPS) is 15.4. The summed E-state index contributed by atoms with van der Waals surface area (Å²) in [4.78, 5) is 29.8. The van der Waals surface area contributed by atoms with Crippen molar-refractivity contribution in [2.75, 3.05) is 10.7 Å². The van der Waals surface area contributed by atoms with Gasteiger partial charge in [-0.05, 0) is 36.8 Å². The summed E-state index contributed by atoms with van der Waals surface area (Å²) in [6, 6.07) is 7.54. The Morgan fingerprint density at radius 1 is 1.20 bits per heavy atom. The van der Waals surface area contributed by atoms with E-state index >= 15 is 0 Å². The zero-order chi connectivity index (χ0) is 18.0. The van der Waals surface area contributed by atoms with E-state index in [-0.39, 0.29) is 0 Å². The van der Waals surface area contributed by atoms with Crippen molar-refractivity contribution >= 4 is 28.7 Å². The van der Waals surface area contributed by atoms with Crippen molar-refractivity contribution in [2.45, 2.75) is 20.8 Å². The molecule has 25 heavy (non-hydrogen) atoms. The molecule has 130 valence electrons. The Morgan fingerprint density at radius 3 is 2.72 bits per heavy atom. The van der Waals surface area contributed by atoms with Gasteiger partial charge in [-0.1, -0.05) is 30.8 Å². The number of rotatable bonds is 3. The zero-order valence-corrected chi connectivity index (χ0v) is 15.0. The molecule has 0 radical (unpaired) electrons. The molecule has 0 spiro atoms. The summed E-state index contributed by atoms with van der Waals surface area (Å²) in [6.07, 6.45) is 1.70. The molecule has 1 aliphatic rings. The third kappa shape index (κ3) is 3.69. The van der Waals surface area contributed by atoms with Crippen LogP contribution >= 0.6 is 11.8 Å². The average Bonchev–Trinajstić information content (AvgIpc) is 2.91. The van der Waals surface area contributed by atoms with E-state index in [9.17, 15) is 9.59 Å². The van der Waals surface area contributed by atoms with Gasteiger partial charge in [-0.2, -0.15) is 0 Å². The Hall–Kier alpha value is -2.74. The number of hydrogen-bond acceptors (Lipinski definition) is 6. The molecule has 0 aliphatic carbocycles. The smallest absolute Gasteiger partial charge is 0.307 e. The lowest BCUT2D eigenvalue weighted by Gasteiger charge is -2.23. The van der Waals surface area contributed by atoms with Crippen molar-refractivity contribution < 1.29 is 0 Å². The van der Waals surface area contributed by atoms with E-state index in [0.717, 1.165) is 27.7 Å². The third-order valence-electron chi connectivity index (χ3n) is 3.65. The summed E-state index contributed by atoms with van der Waals surface area (Å²) in [6.45, 7) is 6.13. The number of anilines is 1. The lowest BCUT2D eigenvalue weighted by Crippen LogP contribution is -2.27. The molecule has 0 amide bonds. The number of amidine groups is 1. The fourth-order valence-corrected chi connectivity index (χ4v) is 3.23. The van der Waals surface area contributed by atoms with Gasteiger partial charge in [-0.15, -0.1) is 5.10 Å². The maximum Gasteiger partial charge on any atom is 0.326 e. The van der Waals surface area contributed by atoms with Crippen molar-refractivity contribution in [3.8, 4) is 0 Å². The standard InChI is InChI=1S/C17H19N5O2S/c1-4-25-17-21-20-14(8-12-9-15(23)19-16(24)18-12)22(17)13-7-10(2)5-6-11(13)3/h5-9,20H,4H2,1-3H3,(H2,18,19,23,24). The molecule has 2 aromatic rings. The molecule has 0 atom stereocenters. The summed E-state index contributed by atoms with van der Waals surface area (Å²) in [7, 11) is 0. The Bertz CT molecular complexity index is 945. The molecule has 0 saturated carbocycles. The average molecular weight is 357 g/mol. The van der Waals surface area contributed by atoms with E-state index in [1.807, 2.05) is 18.7 Å². The molecule has 8 heteroatoms. The van der Waals surface area contributed by atoms with Gasteiger partial charge < -0.3 is 4.98 Å². The number of H-pyrrole nitrogens is 2. The van der Waals surface area contributed by atoms with E-state index < -0.39 is 11.2 Å². The summed E-state index contributed by atoms with van der Waals surface area (Å²) < 4.78 is 0. The monoisotopic (exact) mass is 357 g/mol. The molecule has 0 bridgehead atoms. The number of hydrazone groups is 1. The molecule has 0 fully saturated rings. The second-order valence-corrected chi connectivity index (χ2v) is 6.87. The van der Waals surface area contributed by atoms with Crippen LogP contribution in [0.3, 0.4) is 0 Å². The fraction of sp³-hybridized carbons (Fsp3) is 0.235. The van der Waals surface area contributed by atoms with E-state index in [2.05, 4.69) is 45.6 Å². The summed E-state index contributed by atoms with van der Waals surface area (Å²) in [5, 5.41) is 5.20. The Kier molecular flexibility index (Phi) is 4.80. The van der Waals surface area contributed by atoms with Gasteiger partial charge in [0, 0.05) is 12.1 Å². The van der Waals surface area contributed by atoms with Crippen molar-refractivity contribution in [1.29, 1.82) is 0 Å². The van der Waals surface area contributed by atoms with Crippen LogP contribution in [-0.2, 0) is 0 Å². The number of hydrogen-bond donors (Lipinski definition) is 3. The number of nitrogens with one attached hydrogen (secondary N) is 3. The van der Waals surface area contributed by atoms with Crippen LogP contribution in [0.4, 0.5) is 5.69 Å². The highest BCUT2D eigenvalue weighted by Crippen LogP contribution is 2.30. The molecule has 1 aliphatic heterocycles. The van der Waals surface area contributed by atoms with Crippen LogP contribution in [-0.4, -0.2) is 20.9 Å². The predicted octanol–water partition coefficient (Wildman–Crippen LogP) is 2.11. The zero-order valence-electron chi connectivity index (χ0n) is 14.2. The van der Waals surface area contributed by atoms with Gasteiger partial charge in [-0.25, -0.2) is 4.79 Å². The van der Waals surface area contributed by atoms with Crippen LogP contribution in [0.1, 0.15) is 23.7 Å². The molecular weight excluding hydrogens is 338 g/mol. The minimum atomic E-state index is -0.542. The van der Waals surface area contributed by atoms with Gasteiger partial charge in [-0.3, -0.25) is 20.1 Å². The van der Waals surface area contributed by atoms with Gasteiger partial charge in [0.25, 0.3) is 5.56 Å². The number of aromatic amines is 2. The van der Waals surface area contributed by atoms with Crippen LogP contribution in [0.2, 0.25) is 0 Å². The minimum absolute atomic E-state index is 0.407. The third-order valence-corrected chi connectivity index (χ3v) is 4.47. The second kappa shape index (κ2) is 7.02. The molecule has 1 aromatic heterocycles.